The Morgan fingerprint density at radius 1 is 1.18 bits per heavy atom. The van der Waals surface area contributed by atoms with E-state index >= 15 is 0 Å². The predicted octanol–water partition coefficient (Wildman–Crippen LogP) is 3.47. The summed E-state index contributed by atoms with van der Waals surface area (Å²) in [7, 11) is 0. The molecule has 1 fully saturated rings. The number of hydrogen-bond acceptors (Lipinski definition) is 5. The van der Waals surface area contributed by atoms with Gasteiger partial charge in [0.15, 0.2) is 5.58 Å². The Hall–Kier alpha value is -2.08. The number of rotatable bonds is 3. The molecule has 1 aromatic carbocycles. The summed E-state index contributed by atoms with van der Waals surface area (Å²) >= 11 is 0. The standard InChI is InChI=1S/C16H21N3O3/c20-15(19-21)11-8-9-14-13(10-11)18-16(22-14)17-12-6-4-2-1-3-5-7-12/h8-10,12,21H,1-7H2,(H,17,18)(H,19,20). The molecule has 118 valence electrons. The van der Waals surface area contributed by atoms with Gasteiger partial charge in [-0.2, -0.15) is 4.98 Å². The molecule has 0 bridgehead atoms. The van der Waals surface area contributed by atoms with E-state index in [1.54, 1.807) is 23.7 Å². The maximum Gasteiger partial charge on any atom is 0.295 e. The van der Waals surface area contributed by atoms with Crippen molar-refractivity contribution in [3.8, 4) is 0 Å². The van der Waals surface area contributed by atoms with E-state index in [4.69, 9.17) is 9.62 Å². The van der Waals surface area contributed by atoms with Crippen molar-refractivity contribution in [2.45, 2.75) is 51.0 Å². The highest BCUT2D eigenvalue weighted by atomic mass is 16.5. The zero-order valence-electron chi connectivity index (χ0n) is 12.5. The number of amides is 1. The van der Waals surface area contributed by atoms with Crippen molar-refractivity contribution in [2.24, 2.45) is 0 Å². The average molecular weight is 303 g/mol. The smallest absolute Gasteiger partial charge is 0.295 e. The van der Waals surface area contributed by atoms with Gasteiger partial charge in [0.05, 0.1) is 0 Å². The van der Waals surface area contributed by atoms with Gasteiger partial charge in [-0.15, -0.1) is 0 Å². The summed E-state index contributed by atoms with van der Waals surface area (Å²) < 4.78 is 5.69. The van der Waals surface area contributed by atoms with Crippen LogP contribution in [0.15, 0.2) is 22.6 Å². The van der Waals surface area contributed by atoms with Crippen molar-refractivity contribution in [3.63, 3.8) is 0 Å². The predicted molar refractivity (Wildman–Crippen MR) is 83.0 cm³/mol. The molecule has 1 aromatic heterocycles. The van der Waals surface area contributed by atoms with Crippen molar-refractivity contribution in [1.29, 1.82) is 0 Å². The number of nitrogens with zero attached hydrogens (tertiary/aromatic N) is 1. The van der Waals surface area contributed by atoms with Crippen LogP contribution >= 0.6 is 0 Å². The van der Waals surface area contributed by atoms with Gasteiger partial charge in [-0.3, -0.25) is 10.0 Å². The van der Waals surface area contributed by atoms with Crippen LogP contribution in [-0.4, -0.2) is 22.1 Å². The molecule has 1 saturated carbocycles. The van der Waals surface area contributed by atoms with E-state index < -0.39 is 5.91 Å². The van der Waals surface area contributed by atoms with Gasteiger partial charge in [0.2, 0.25) is 0 Å². The highest BCUT2D eigenvalue weighted by Gasteiger charge is 2.15. The van der Waals surface area contributed by atoms with Crippen LogP contribution in [0.25, 0.3) is 11.1 Å². The van der Waals surface area contributed by atoms with Gasteiger partial charge in [-0.1, -0.05) is 32.1 Å². The lowest BCUT2D eigenvalue weighted by atomic mass is 9.97. The molecule has 0 atom stereocenters. The van der Waals surface area contributed by atoms with Crippen LogP contribution in [-0.2, 0) is 0 Å². The van der Waals surface area contributed by atoms with Crippen LogP contribution in [0, 0.1) is 0 Å². The molecule has 22 heavy (non-hydrogen) atoms. The number of carbonyl (C=O) groups excluding carboxylic acids is 1. The van der Waals surface area contributed by atoms with E-state index in [1.165, 1.54) is 32.1 Å². The van der Waals surface area contributed by atoms with Crippen molar-refractivity contribution in [3.05, 3.63) is 23.8 Å². The maximum absolute atomic E-state index is 11.4. The zero-order chi connectivity index (χ0) is 15.4. The molecule has 2 aromatic rings. The number of hydrogen-bond donors (Lipinski definition) is 3. The molecule has 0 unspecified atom stereocenters. The Morgan fingerprint density at radius 3 is 2.64 bits per heavy atom. The van der Waals surface area contributed by atoms with E-state index in [9.17, 15) is 4.79 Å². The van der Waals surface area contributed by atoms with E-state index in [-0.39, 0.29) is 0 Å². The van der Waals surface area contributed by atoms with Gasteiger partial charge in [-0.05, 0) is 31.0 Å². The van der Waals surface area contributed by atoms with Crippen LogP contribution < -0.4 is 10.8 Å². The summed E-state index contributed by atoms with van der Waals surface area (Å²) in [6.07, 6.45) is 8.67. The summed E-state index contributed by atoms with van der Waals surface area (Å²) in [6, 6.07) is 5.79. The summed E-state index contributed by atoms with van der Waals surface area (Å²) in [6.45, 7) is 0. The van der Waals surface area contributed by atoms with Gasteiger partial charge in [-0.25, -0.2) is 5.48 Å². The van der Waals surface area contributed by atoms with E-state index in [0.29, 0.717) is 28.7 Å². The van der Waals surface area contributed by atoms with Crippen LogP contribution in [0.5, 0.6) is 0 Å². The van der Waals surface area contributed by atoms with Crippen molar-refractivity contribution < 1.29 is 14.4 Å². The van der Waals surface area contributed by atoms with Crippen LogP contribution in [0.3, 0.4) is 0 Å². The molecule has 0 spiro atoms. The van der Waals surface area contributed by atoms with Crippen molar-refractivity contribution >= 4 is 23.0 Å². The fourth-order valence-corrected chi connectivity index (χ4v) is 2.97. The lowest BCUT2D eigenvalue weighted by molar-refractivity contribution is 0.0706. The molecule has 0 radical (unpaired) electrons. The molecule has 6 heteroatoms. The number of anilines is 1. The Kier molecular flexibility index (Phi) is 4.58. The number of carbonyl (C=O) groups is 1. The molecule has 0 saturated heterocycles. The Bertz CT molecular complexity index is 645. The number of aromatic nitrogens is 1. The first-order chi connectivity index (χ1) is 10.8. The van der Waals surface area contributed by atoms with Crippen LogP contribution in [0.4, 0.5) is 6.01 Å². The third kappa shape index (κ3) is 3.39. The molecule has 3 N–H and O–H groups in total. The number of fused-ring (bicyclic) bond motifs is 1. The zero-order valence-corrected chi connectivity index (χ0v) is 12.5. The molecule has 1 aliphatic carbocycles. The van der Waals surface area contributed by atoms with E-state index in [1.807, 2.05) is 0 Å². The molecule has 3 rings (SSSR count). The normalized spacial score (nSPS) is 17.0. The minimum Gasteiger partial charge on any atom is -0.424 e. The number of oxazole rings is 1. The average Bonchev–Trinajstić information content (AvgIpc) is 2.90. The number of benzene rings is 1. The molecule has 0 aliphatic heterocycles. The first kappa shape index (κ1) is 14.8. The molecule has 1 heterocycles. The quantitative estimate of drug-likeness (QED) is 0.597. The lowest BCUT2D eigenvalue weighted by Gasteiger charge is -2.19. The first-order valence-electron chi connectivity index (χ1n) is 7.88. The summed E-state index contributed by atoms with van der Waals surface area (Å²) in [4.78, 5) is 15.8. The summed E-state index contributed by atoms with van der Waals surface area (Å²) in [5.41, 5.74) is 3.20. The monoisotopic (exact) mass is 303 g/mol. The topological polar surface area (TPSA) is 87.4 Å². The van der Waals surface area contributed by atoms with Crippen molar-refractivity contribution in [2.75, 3.05) is 5.32 Å². The van der Waals surface area contributed by atoms with Crippen LogP contribution in [0.1, 0.15) is 55.3 Å². The molecule has 1 aliphatic rings. The van der Waals surface area contributed by atoms with Crippen LogP contribution in [0.2, 0.25) is 0 Å². The molecule has 1 amide bonds. The highest BCUT2D eigenvalue weighted by molar-refractivity contribution is 5.96. The SMILES string of the molecule is O=C(NO)c1ccc2oc(NC3CCCCCCC3)nc2c1. The van der Waals surface area contributed by atoms with Gasteiger partial charge < -0.3 is 9.73 Å². The molecular weight excluding hydrogens is 282 g/mol. The third-order valence-corrected chi connectivity index (χ3v) is 4.18. The Labute approximate surface area is 128 Å². The Morgan fingerprint density at radius 2 is 1.91 bits per heavy atom. The Balaban J connectivity index is 1.74. The van der Waals surface area contributed by atoms with Gasteiger partial charge in [0.25, 0.3) is 11.9 Å². The minimum absolute atomic E-state index is 0.348. The largest absolute Gasteiger partial charge is 0.424 e. The van der Waals surface area contributed by atoms with Gasteiger partial charge in [0, 0.05) is 11.6 Å². The number of hydroxylamine groups is 1. The second kappa shape index (κ2) is 6.79. The highest BCUT2D eigenvalue weighted by Crippen LogP contribution is 2.24. The number of nitrogens with one attached hydrogen (secondary N) is 2. The van der Waals surface area contributed by atoms with Crippen molar-refractivity contribution in [1.82, 2.24) is 10.5 Å². The minimum atomic E-state index is -0.556. The molecular formula is C16H21N3O3. The van der Waals surface area contributed by atoms with E-state index in [2.05, 4.69) is 10.3 Å². The fraction of sp³-hybridized carbons (Fsp3) is 0.500. The second-order valence-electron chi connectivity index (χ2n) is 5.83. The summed E-state index contributed by atoms with van der Waals surface area (Å²) in [5.74, 6) is -0.556. The van der Waals surface area contributed by atoms with Gasteiger partial charge in [0.1, 0.15) is 5.52 Å². The first-order valence-corrected chi connectivity index (χ1v) is 7.88. The molecule has 6 nitrogen and oxygen atoms in total. The fourth-order valence-electron chi connectivity index (χ4n) is 2.97. The second-order valence-corrected chi connectivity index (χ2v) is 5.83. The lowest BCUT2D eigenvalue weighted by Crippen LogP contribution is -2.20. The third-order valence-electron chi connectivity index (χ3n) is 4.18. The van der Waals surface area contributed by atoms with Gasteiger partial charge >= 0.3 is 0 Å². The van der Waals surface area contributed by atoms with E-state index in [0.717, 1.165) is 12.8 Å². The summed E-state index contributed by atoms with van der Waals surface area (Å²) in [5, 5.41) is 12.0. The maximum atomic E-state index is 11.4.